The fraction of sp³-hybridized carbons (Fsp3) is 0.600. The highest BCUT2D eigenvalue weighted by atomic mass is 16.6. The molecule has 50 heavy (non-hydrogen) atoms. The number of benzene rings is 1. The molecule has 0 spiro atoms. The van der Waals surface area contributed by atoms with Crippen LogP contribution in [0.1, 0.15) is 115 Å². The summed E-state index contributed by atoms with van der Waals surface area (Å²) in [6.45, 7) is 12.2. The minimum atomic E-state index is -1.08. The highest BCUT2D eigenvalue weighted by Crippen LogP contribution is 2.42. The molecule has 2 saturated carbocycles. The van der Waals surface area contributed by atoms with Crippen LogP contribution in [0, 0.1) is 12.8 Å². The van der Waals surface area contributed by atoms with Crippen LogP contribution in [0.25, 0.3) is 11.3 Å². The van der Waals surface area contributed by atoms with Gasteiger partial charge in [0.15, 0.2) is 5.89 Å². The van der Waals surface area contributed by atoms with Crippen molar-refractivity contribution < 1.29 is 28.6 Å². The number of likely N-dealkylation sites (tertiary alicyclic amines) is 1. The molecule has 3 aliphatic rings. The summed E-state index contributed by atoms with van der Waals surface area (Å²) < 4.78 is 17.2. The van der Waals surface area contributed by atoms with Crippen LogP contribution in [-0.2, 0) is 14.9 Å². The number of carbonyl (C=O) groups is 2. The lowest BCUT2D eigenvalue weighted by atomic mass is 9.76. The predicted molar refractivity (Wildman–Crippen MR) is 192 cm³/mol. The topological polar surface area (TPSA) is 118 Å². The molecular weight excluding hydrogens is 632 g/mol. The van der Waals surface area contributed by atoms with Crippen LogP contribution >= 0.6 is 0 Å². The van der Waals surface area contributed by atoms with E-state index in [1.165, 1.54) is 10.5 Å². The maximum atomic E-state index is 14.7. The second kappa shape index (κ2) is 14.4. The van der Waals surface area contributed by atoms with Crippen molar-refractivity contribution in [1.82, 2.24) is 14.9 Å². The number of aryl methyl sites for hydroxylation is 1. The average Bonchev–Trinajstić information content (AvgIpc) is 3.61. The van der Waals surface area contributed by atoms with Crippen molar-refractivity contribution in [3.05, 3.63) is 59.8 Å². The van der Waals surface area contributed by atoms with E-state index < -0.39 is 23.8 Å². The number of nitrogens with zero attached hydrogens (tertiary/aromatic N) is 4. The van der Waals surface area contributed by atoms with Crippen molar-refractivity contribution in [3.63, 3.8) is 0 Å². The summed E-state index contributed by atoms with van der Waals surface area (Å²) in [5.74, 6) is 2.26. The van der Waals surface area contributed by atoms with Gasteiger partial charge in [-0.3, -0.25) is 14.6 Å². The second-order valence-corrected chi connectivity index (χ2v) is 16.1. The molecular formula is C40H54N4O6. The van der Waals surface area contributed by atoms with E-state index in [4.69, 9.17) is 18.9 Å². The first kappa shape index (κ1) is 35.9. The number of hydrogen-bond acceptors (Lipinski definition) is 8. The first-order valence-electron chi connectivity index (χ1n) is 18.3. The molecule has 2 atom stereocenters. The fourth-order valence-electron chi connectivity index (χ4n) is 7.95. The molecule has 2 amide bonds. The highest BCUT2D eigenvalue weighted by molar-refractivity contribution is 6.00. The summed E-state index contributed by atoms with van der Waals surface area (Å²) in [7, 11) is 1.70. The number of rotatable bonds is 8. The number of aromatic nitrogens is 2. The van der Waals surface area contributed by atoms with Crippen LogP contribution in [0.2, 0.25) is 0 Å². The molecule has 10 heteroatoms. The molecule has 3 heterocycles. The van der Waals surface area contributed by atoms with E-state index in [1.54, 1.807) is 38.3 Å². The molecule has 10 nitrogen and oxygen atoms in total. The van der Waals surface area contributed by atoms with Gasteiger partial charge in [-0.15, -0.1) is 0 Å². The van der Waals surface area contributed by atoms with E-state index in [0.29, 0.717) is 29.9 Å². The van der Waals surface area contributed by atoms with E-state index in [-0.39, 0.29) is 23.3 Å². The fourth-order valence-corrected chi connectivity index (χ4v) is 7.95. The molecule has 1 saturated heterocycles. The smallest absolute Gasteiger partial charge is 0.411 e. The Labute approximate surface area is 296 Å². The third kappa shape index (κ3) is 7.27. The van der Waals surface area contributed by atoms with E-state index in [0.717, 1.165) is 74.7 Å². The van der Waals surface area contributed by atoms with Crippen LogP contribution in [0.3, 0.4) is 0 Å². The summed E-state index contributed by atoms with van der Waals surface area (Å²) in [6, 6.07) is 9.07. The third-order valence-corrected chi connectivity index (χ3v) is 11.1. The lowest BCUT2D eigenvalue weighted by Crippen LogP contribution is -2.79. The van der Waals surface area contributed by atoms with Crippen molar-refractivity contribution >= 4 is 17.8 Å². The summed E-state index contributed by atoms with van der Waals surface area (Å²) in [5, 5.41) is 11.4. The minimum Gasteiger partial charge on any atom is -0.496 e. The van der Waals surface area contributed by atoms with Crippen molar-refractivity contribution in [2.24, 2.45) is 5.92 Å². The van der Waals surface area contributed by atoms with Gasteiger partial charge >= 0.3 is 6.09 Å². The van der Waals surface area contributed by atoms with Gasteiger partial charge in [-0.2, -0.15) is 0 Å². The minimum absolute atomic E-state index is 0.167. The van der Waals surface area contributed by atoms with Crippen LogP contribution in [0.15, 0.2) is 47.2 Å². The van der Waals surface area contributed by atoms with E-state index in [2.05, 4.69) is 24.0 Å². The predicted octanol–water partition coefficient (Wildman–Crippen LogP) is 7.95. The van der Waals surface area contributed by atoms with E-state index in [1.807, 2.05) is 39.0 Å². The van der Waals surface area contributed by atoms with Crippen LogP contribution in [0.4, 0.5) is 10.6 Å². The van der Waals surface area contributed by atoms with Gasteiger partial charge < -0.3 is 19.0 Å². The number of anilines is 1. The number of ether oxygens (including phenoxy) is 2. The second-order valence-electron chi connectivity index (χ2n) is 16.1. The van der Waals surface area contributed by atoms with Gasteiger partial charge in [0.05, 0.1) is 12.6 Å². The number of aliphatic hydroxyl groups is 1. The van der Waals surface area contributed by atoms with Crippen molar-refractivity contribution in [2.75, 3.05) is 18.6 Å². The maximum absolute atomic E-state index is 14.7. The molecule has 270 valence electrons. The molecule has 2 unspecified atom stereocenters. The van der Waals surface area contributed by atoms with Gasteiger partial charge in [-0.1, -0.05) is 39.3 Å². The zero-order valence-electron chi connectivity index (χ0n) is 30.8. The standard InChI is InChI=1S/C40H54N4O6/c1-25-21-28(17-18-32(25)48-7)27-15-13-26(14-16-27)23-43(33-22-29(19-20-41-33)31-24-49-37(42-31)39(2,3)4)36(46)34-35(45)40(5,6)44(34)38(47)50-30-11-9-8-10-12-30/h17-22,24,26-27,30,34-35,45H,8-16,23H2,1-7H3. The van der Waals surface area contributed by atoms with Crippen LogP contribution in [-0.4, -0.2) is 69.4 Å². The lowest BCUT2D eigenvalue weighted by Gasteiger charge is -2.57. The summed E-state index contributed by atoms with van der Waals surface area (Å²) in [4.78, 5) is 40.9. The molecule has 1 N–H and O–H groups in total. The van der Waals surface area contributed by atoms with Gasteiger partial charge in [0, 0.05) is 23.7 Å². The molecule has 1 aliphatic heterocycles. The van der Waals surface area contributed by atoms with E-state index >= 15 is 0 Å². The number of amides is 2. The number of carbonyl (C=O) groups excluding carboxylic acids is 2. The highest BCUT2D eigenvalue weighted by Gasteiger charge is 2.61. The van der Waals surface area contributed by atoms with Crippen molar-refractivity contribution in [3.8, 4) is 17.0 Å². The Morgan fingerprint density at radius 1 is 1.04 bits per heavy atom. The SMILES string of the molecule is COc1ccc(C2CCC(CN(C(=O)C3C(O)C(C)(C)N3C(=O)OC3CCCCC3)c3cc(-c4coc(C(C)(C)C)n4)ccn3)CC2)cc1C. The zero-order chi connectivity index (χ0) is 35.8. The number of pyridine rings is 1. The van der Waals surface area contributed by atoms with E-state index in [9.17, 15) is 14.7 Å². The van der Waals surface area contributed by atoms with Gasteiger partial charge in [0.2, 0.25) is 0 Å². The molecule has 2 aromatic heterocycles. The molecule has 3 fully saturated rings. The molecule has 1 aromatic carbocycles. The average molecular weight is 687 g/mol. The third-order valence-electron chi connectivity index (χ3n) is 11.1. The Morgan fingerprint density at radius 2 is 1.76 bits per heavy atom. The molecule has 3 aromatic rings. The Hall–Kier alpha value is -3.92. The Morgan fingerprint density at radius 3 is 2.40 bits per heavy atom. The molecule has 0 bridgehead atoms. The monoisotopic (exact) mass is 686 g/mol. The van der Waals surface area contributed by atoms with Crippen molar-refractivity contribution in [2.45, 2.75) is 134 Å². The first-order chi connectivity index (χ1) is 23.8. The molecule has 2 aliphatic carbocycles. The lowest BCUT2D eigenvalue weighted by molar-refractivity contribution is -0.171. The summed E-state index contributed by atoms with van der Waals surface area (Å²) >= 11 is 0. The number of aliphatic hydroxyl groups excluding tert-OH is 1. The van der Waals surface area contributed by atoms with Crippen LogP contribution in [0.5, 0.6) is 5.75 Å². The Balaban J connectivity index is 1.26. The summed E-state index contributed by atoms with van der Waals surface area (Å²) in [6.07, 6.45) is 10.2. The first-order valence-corrected chi connectivity index (χ1v) is 18.3. The van der Waals surface area contributed by atoms with Gasteiger partial charge in [0.25, 0.3) is 5.91 Å². The normalized spacial score (nSPS) is 24.0. The zero-order valence-corrected chi connectivity index (χ0v) is 30.8. The number of methoxy groups -OCH3 is 1. The summed E-state index contributed by atoms with van der Waals surface area (Å²) in [5.41, 5.74) is 2.66. The van der Waals surface area contributed by atoms with Gasteiger partial charge in [0.1, 0.15) is 41.8 Å². The Kier molecular flexibility index (Phi) is 10.3. The van der Waals surface area contributed by atoms with Crippen molar-refractivity contribution in [1.29, 1.82) is 0 Å². The maximum Gasteiger partial charge on any atom is 0.411 e. The Bertz CT molecular complexity index is 1660. The molecule has 0 radical (unpaired) electrons. The quantitative estimate of drug-likeness (QED) is 0.254. The van der Waals surface area contributed by atoms with Crippen LogP contribution < -0.4 is 9.64 Å². The number of hydrogen-bond donors (Lipinski definition) is 1. The largest absolute Gasteiger partial charge is 0.496 e. The molecule has 6 rings (SSSR count). The number of oxazole rings is 1. The van der Waals surface area contributed by atoms with Gasteiger partial charge in [-0.25, -0.2) is 14.8 Å². The van der Waals surface area contributed by atoms with Gasteiger partial charge in [-0.05, 0) is 113 Å².